The average Bonchev–Trinajstić information content (AvgIpc) is 2.17. The van der Waals surface area contributed by atoms with Crippen LogP contribution in [0.1, 0.15) is 30.6 Å². The third-order valence-corrected chi connectivity index (χ3v) is 2.38. The van der Waals surface area contributed by atoms with Crippen LogP contribution >= 0.6 is 0 Å². The summed E-state index contributed by atoms with van der Waals surface area (Å²) in [4.78, 5) is 0. The molecule has 0 heterocycles. The number of aryl methyl sites for hydroxylation is 1. The number of benzene rings is 1. The molecule has 1 aromatic rings. The fourth-order valence-corrected chi connectivity index (χ4v) is 1.42. The van der Waals surface area contributed by atoms with Crippen molar-refractivity contribution in [1.29, 1.82) is 0 Å². The van der Waals surface area contributed by atoms with E-state index < -0.39 is 6.10 Å². The van der Waals surface area contributed by atoms with Gasteiger partial charge in [-0.05, 0) is 19.4 Å². The lowest BCUT2D eigenvalue weighted by atomic mass is 10.0. The Balaban J connectivity index is 2.64. The first-order chi connectivity index (χ1) is 6.63. The lowest BCUT2D eigenvalue weighted by Gasteiger charge is -2.15. The SMILES string of the molecule is COC(C)CC(O)c1cccc(C)c1. The van der Waals surface area contributed by atoms with Gasteiger partial charge in [0.15, 0.2) is 0 Å². The van der Waals surface area contributed by atoms with Crippen LogP contribution in [0.3, 0.4) is 0 Å². The summed E-state index contributed by atoms with van der Waals surface area (Å²) in [7, 11) is 1.66. The molecule has 0 aliphatic rings. The molecule has 1 rings (SSSR count). The number of aliphatic hydroxyl groups excluding tert-OH is 1. The molecule has 2 nitrogen and oxygen atoms in total. The molecule has 0 bridgehead atoms. The van der Waals surface area contributed by atoms with Crippen LogP contribution in [0.15, 0.2) is 24.3 Å². The van der Waals surface area contributed by atoms with Crippen molar-refractivity contribution >= 4 is 0 Å². The van der Waals surface area contributed by atoms with E-state index in [1.54, 1.807) is 7.11 Å². The van der Waals surface area contributed by atoms with E-state index in [2.05, 4.69) is 0 Å². The fourth-order valence-electron chi connectivity index (χ4n) is 1.42. The predicted molar refractivity (Wildman–Crippen MR) is 57.2 cm³/mol. The van der Waals surface area contributed by atoms with E-state index in [0.717, 1.165) is 5.56 Å². The first kappa shape index (κ1) is 11.2. The van der Waals surface area contributed by atoms with Gasteiger partial charge in [-0.2, -0.15) is 0 Å². The summed E-state index contributed by atoms with van der Waals surface area (Å²) >= 11 is 0. The number of aliphatic hydroxyl groups is 1. The molecule has 0 saturated carbocycles. The summed E-state index contributed by atoms with van der Waals surface area (Å²) in [5.74, 6) is 0. The van der Waals surface area contributed by atoms with Crippen molar-refractivity contribution in [2.45, 2.75) is 32.5 Å². The molecule has 78 valence electrons. The van der Waals surface area contributed by atoms with Gasteiger partial charge in [-0.3, -0.25) is 0 Å². The van der Waals surface area contributed by atoms with Crippen LogP contribution in [0, 0.1) is 6.92 Å². The zero-order chi connectivity index (χ0) is 10.6. The van der Waals surface area contributed by atoms with E-state index >= 15 is 0 Å². The Hall–Kier alpha value is -0.860. The number of rotatable bonds is 4. The van der Waals surface area contributed by atoms with Gasteiger partial charge in [0.1, 0.15) is 0 Å². The van der Waals surface area contributed by atoms with Crippen molar-refractivity contribution in [3.05, 3.63) is 35.4 Å². The molecule has 0 aliphatic carbocycles. The minimum atomic E-state index is -0.426. The first-order valence-electron chi connectivity index (χ1n) is 4.91. The Morgan fingerprint density at radius 3 is 2.71 bits per heavy atom. The monoisotopic (exact) mass is 194 g/mol. The fraction of sp³-hybridized carbons (Fsp3) is 0.500. The lowest BCUT2D eigenvalue weighted by Crippen LogP contribution is -2.11. The molecular formula is C12H18O2. The second-order valence-corrected chi connectivity index (χ2v) is 3.71. The highest BCUT2D eigenvalue weighted by Crippen LogP contribution is 2.19. The lowest BCUT2D eigenvalue weighted by molar-refractivity contribution is 0.0559. The average molecular weight is 194 g/mol. The molecule has 2 atom stereocenters. The summed E-state index contributed by atoms with van der Waals surface area (Å²) in [6, 6.07) is 7.94. The highest BCUT2D eigenvalue weighted by molar-refractivity contribution is 5.24. The zero-order valence-electron chi connectivity index (χ0n) is 9.03. The molecule has 0 aromatic heterocycles. The maximum atomic E-state index is 9.87. The Labute approximate surface area is 85.5 Å². The third-order valence-electron chi connectivity index (χ3n) is 2.38. The van der Waals surface area contributed by atoms with Gasteiger partial charge >= 0.3 is 0 Å². The highest BCUT2D eigenvalue weighted by atomic mass is 16.5. The van der Waals surface area contributed by atoms with Crippen molar-refractivity contribution < 1.29 is 9.84 Å². The minimum Gasteiger partial charge on any atom is -0.388 e. The molecule has 0 saturated heterocycles. The molecule has 14 heavy (non-hydrogen) atoms. The van der Waals surface area contributed by atoms with Crippen molar-refractivity contribution in [2.75, 3.05) is 7.11 Å². The molecule has 2 heteroatoms. The first-order valence-corrected chi connectivity index (χ1v) is 4.91. The summed E-state index contributed by atoms with van der Waals surface area (Å²) in [6.45, 7) is 3.98. The molecule has 0 spiro atoms. The summed E-state index contributed by atoms with van der Waals surface area (Å²) in [5.41, 5.74) is 2.14. The molecule has 0 fully saturated rings. The standard InChI is InChI=1S/C12H18O2/c1-9-5-4-6-11(7-9)12(13)8-10(2)14-3/h4-7,10,12-13H,8H2,1-3H3. The Kier molecular flexibility index (Phi) is 4.11. The second kappa shape index (κ2) is 5.13. The van der Waals surface area contributed by atoms with Crippen LogP contribution in [-0.4, -0.2) is 18.3 Å². The van der Waals surface area contributed by atoms with Gasteiger partial charge in [-0.25, -0.2) is 0 Å². The number of hydrogen-bond donors (Lipinski definition) is 1. The van der Waals surface area contributed by atoms with E-state index in [9.17, 15) is 5.11 Å². The van der Waals surface area contributed by atoms with E-state index in [0.29, 0.717) is 6.42 Å². The molecule has 0 amide bonds. The maximum Gasteiger partial charge on any atom is 0.0814 e. The predicted octanol–water partition coefficient (Wildman–Crippen LogP) is 2.45. The maximum absolute atomic E-state index is 9.87. The van der Waals surface area contributed by atoms with Crippen molar-refractivity contribution in [3.8, 4) is 0 Å². The molecular weight excluding hydrogens is 176 g/mol. The minimum absolute atomic E-state index is 0.0884. The third kappa shape index (κ3) is 3.13. The van der Waals surface area contributed by atoms with Gasteiger partial charge in [0.25, 0.3) is 0 Å². The van der Waals surface area contributed by atoms with E-state index in [1.807, 2.05) is 38.1 Å². The van der Waals surface area contributed by atoms with Crippen molar-refractivity contribution in [3.63, 3.8) is 0 Å². The Morgan fingerprint density at radius 1 is 1.43 bits per heavy atom. The van der Waals surface area contributed by atoms with Crippen LogP contribution < -0.4 is 0 Å². The highest BCUT2D eigenvalue weighted by Gasteiger charge is 2.11. The van der Waals surface area contributed by atoms with E-state index in [4.69, 9.17) is 4.74 Å². The van der Waals surface area contributed by atoms with Crippen molar-refractivity contribution in [1.82, 2.24) is 0 Å². The quantitative estimate of drug-likeness (QED) is 0.797. The molecule has 2 unspecified atom stereocenters. The van der Waals surface area contributed by atoms with Gasteiger partial charge in [0.05, 0.1) is 12.2 Å². The summed E-state index contributed by atoms with van der Waals surface area (Å²) in [6.07, 6.45) is 0.301. The molecule has 1 N–H and O–H groups in total. The Morgan fingerprint density at radius 2 is 2.14 bits per heavy atom. The van der Waals surface area contributed by atoms with Gasteiger partial charge in [-0.15, -0.1) is 0 Å². The van der Waals surface area contributed by atoms with E-state index in [-0.39, 0.29) is 6.10 Å². The molecule has 1 aromatic carbocycles. The van der Waals surface area contributed by atoms with Crippen LogP contribution in [0.25, 0.3) is 0 Å². The van der Waals surface area contributed by atoms with Gasteiger partial charge < -0.3 is 9.84 Å². The topological polar surface area (TPSA) is 29.5 Å². The zero-order valence-corrected chi connectivity index (χ0v) is 9.03. The molecule has 0 radical (unpaired) electrons. The summed E-state index contributed by atoms with van der Waals surface area (Å²) < 4.78 is 5.11. The van der Waals surface area contributed by atoms with Crippen LogP contribution in [0.4, 0.5) is 0 Å². The van der Waals surface area contributed by atoms with Crippen molar-refractivity contribution in [2.24, 2.45) is 0 Å². The van der Waals surface area contributed by atoms with Gasteiger partial charge in [-0.1, -0.05) is 29.8 Å². The van der Waals surface area contributed by atoms with Crippen LogP contribution in [-0.2, 0) is 4.74 Å². The van der Waals surface area contributed by atoms with Gasteiger partial charge in [0.2, 0.25) is 0 Å². The largest absolute Gasteiger partial charge is 0.388 e. The molecule has 0 aliphatic heterocycles. The van der Waals surface area contributed by atoms with Gasteiger partial charge in [0, 0.05) is 13.5 Å². The normalized spacial score (nSPS) is 15.1. The Bertz CT molecular complexity index is 283. The number of hydrogen-bond acceptors (Lipinski definition) is 2. The summed E-state index contributed by atoms with van der Waals surface area (Å²) in [5, 5.41) is 9.87. The van der Waals surface area contributed by atoms with Crippen LogP contribution in [0.2, 0.25) is 0 Å². The number of methoxy groups -OCH3 is 1. The van der Waals surface area contributed by atoms with E-state index in [1.165, 1.54) is 5.56 Å². The smallest absolute Gasteiger partial charge is 0.0814 e. The van der Waals surface area contributed by atoms with Crippen LogP contribution in [0.5, 0.6) is 0 Å². The second-order valence-electron chi connectivity index (χ2n) is 3.71. The number of ether oxygens (including phenoxy) is 1.